The summed E-state index contributed by atoms with van der Waals surface area (Å²) in [5, 5.41) is 18.5. The molecule has 1 aliphatic heterocycles. The van der Waals surface area contributed by atoms with Gasteiger partial charge in [0, 0.05) is 5.56 Å². The molecule has 8 heteroatoms. The third-order valence-electron chi connectivity index (χ3n) is 4.54. The molecular weight excluding hydrogens is 370 g/mol. The van der Waals surface area contributed by atoms with Crippen molar-refractivity contribution in [2.75, 3.05) is 13.1 Å². The second kappa shape index (κ2) is 7.86. The number of hydrogen-bond acceptors (Lipinski definition) is 6. The number of carbonyl (C=O) groups excluding carboxylic acids is 2. The van der Waals surface area contributed by atoms with Gasteiger partial charge < -0.3 is 15.0 Å². The summed E-state index contributed by atoms with van der Waals surface area (Å²) in [6.45, 7) is 0.190. The number of ketones is 1. The monoisotopic (exact) mass is 387 g/mol. The van der Waals surface area contributed by atoms with Crippen LogP contribution in [0, 0.1) is 11.5 Å². The zero-order valence-electron chi connectivity index (χ0n) is 15.3. The van der Waals surface area contributed by atoms with Gasteiger partial charge in [-0.25, -0.2) is 0 Å². The first-order valence-corrected chi connectivity index (χ1v) is 9.00. The molecule has 144 valence electrons. The highest BCUT2D eigenvalue weighted by Gasteiger charge is 2.32. The number of nitrogens with zero attached hydrogens (tertiary/aromatic N) is 3. The van der Waals surface area contributed by atoms with Crippen LogP contribution in [-0.2, 0) is 4.79 Å². The molecule has 1 aromatic heterocycles. The fourth-order valence-corrected chi connectivity index (χ4v) is 3.08. The molecule has 1 fully saturated rings. The van der Waals surface area contributed by atoms with Gasteiger partial charge in [0.1, 0.15) is 23.2 Å². The first-order chi connectivity index (χ1) is 14.1. The minimum atomic E-state index is -0.706. The van der Waals surface area contributed by atoms with Crippen LogP contribution in [0.25, 0.3) is 11.3 Å². The van der Waals surface area contributed by atoms with E-state index in [4.69, 9.17) is 10.00 Å². The normalized spacial score (nSPS) is 15.8. The van der Waals surface area contributed by atoms with Crippen molar-refractivity contribution in [2.45, 2.75) is 6.04 Å². The zero-order valence-corrected chi connectivity index (χ0v) is 15.3. The molecule has 2 heterocycles. The van der Waals surface area contributed by atoms with E-state index in [-0.39, 0.29) is 24.6 Å². The Kier molecular flexibility index (Phi) is 4.95. The standard InChI is InChI=1S/C21H17N5O3/c22-13-26-11-18(19(27)12-26)23-21(28)17-10-16(24-25-17)15-8-4-5-9-20(15)29-14-6-2-1-3-7-14/h1-10,18H,11-12H2,(H,23,28)(H,24,25)/t18-/m0/s1. The van der Waals surface area contributed by atoms with E-state index in [9.17, 15) is 9.59 Å². The van der Waals surface area contributed by atoms with Crippen LogP contribution in [0.15, 0.2) is 60.7 Å². The topological polar surface area (TPSA) is 111 Å². The number of para-hydroxylation sites is 2. The molecule has 8 nitrogen and oxygen atoms in total. The summed E-state index contributed by atoms with van der Waals surface area (Å²) >= 11 is 0. The van der Waals surface area contributed by atoms with Crippen LogP contribution in [-0.4, -0.2) is 45.9 Å². The summed E-state index contributed by atoms with van der Waals surface area (Å²) < 4.78 is 5.94. The van der Waals surface area contributed by atoms with E-state index in [1.165, 1.54) is 4.90 Å². The van der Waals surface area contributed by atoms with Crippen molar-refractivity contribution in [3.8, 4) is 28.9 Å². The fraction of sp³-hybridized carbons (Fsp3) is 0.143. The second-order valence-corrected chi connectivity index (χ2v) is 6.55. The molecule has 0 spiro atoms. The number of hydrogen-bond donors (Lipinski definition) is 2. The lowest BCUT2D eigenvalue weighted by Gasteiger charge is -2.10. The largest absolute Gasteiger partial charge is 0.457 e. The molecule has 1 aliphatic rings. The summed E-state index contributed by atoms with van der Waals surface area (Å²) in [5.74, 6) is 0.646. The van der Waals surface area contributed by atoms with Crippen molar-refractivity contribution in [1.29, 1.82) is 5.26 Å². The lowest BCUT2D eigenvalue weighted by molar-refractivity contribution is -0.118. The highest BCUT2D eigenvalue weighted by atomic mass is 16.5. The van der Waals surface area contributed by atoms with Crippen LogP contribution in [0.5, 0.6) is 11.5 Å². The summed E-state index contributed by atoms with van der Waals surface area (Å²) in [5.41, 5.74) is 1.48. The molecule has 4 rings (SSSR count). The van der Waals surface area contributed by atoms with Crippen molar-refractivity contribution >= 4 is 11.7 Å². The molecule has 1 atom stereocenters. The van der Waals surface area contributed by atoms with E-state index in [1.54, 1.807) is 6.07 Å². The van der Waals surface area contributed by atoms with Crippen LogP contribution in [0.3, 0.4) is 0 Å². The minimum Gasteiger partial charge on any atom is -0.457 e. The molecule has 2 N–H and O–H groups in total. The van der Waals surface area contributed by atoms with Gasteiger partial charge in [-0.1, -0.05) is 30.3 Å². The van der Waals surface area contributed by atoms with Gasteiger partial charge in [-0.2, -0.15) is 10.4 Å². The van der Waals surface area contributed by atoms with Gasteiger partial charge in [0.05, 0.1) is 18.8 Å². The Morgan fingerprint density at radius 1 is 1.21 bits per heavy atom. The SMILES string of the molecule is N#CN1CC(=O)[C@@H](NC(=O)c2cc(-c3ccccc3Oc3ccccc3)n[nH]2)C1. The van der Waals surface area contributed by atoms with Crippen LogP contribution >= 0.6 is 0 Å². The molecule has 0 saturated carbocycles. The summed E-state index contributed by atoms with van der Waals surface area (Å²) in [4.78, 5) is 25.7. The number of ether oxygens (including phenoxy) is 1. The molecule has 3 aromatic rings. The molecule has 1 amide bonds. The van der Waals surface area contributed by atoms with Crippen molar-refractivity contribution in [3.63, 3.8) is 0 Å². The lowest BCUT2D eigenvalue weighted by Crippen LogP contribution is -2.40. The van der Waals surface area contributed by atoms with Gasteiger partial charge >= 0.3 is 0 Å². The molecular formula is C21H17N5O3. The van der Waals surface area contributed by atoms with Gasteiger partial charge in [0.25, 0.3) is 5.91 Å². The number of aromatic nitrogens is 2. The van der Waals surface area contributed by atoms with Crippen LogP contribution in [0.4, 0.5) is 0 Å². The van der Waals surface area contributed by atoms with Crippen molar-refractivity contribution in [2.24, 2.45) is 0 Å². The number of benzene rings is 2. The van der Waals surface area contributed by atoms with Gasteiger partial charge in [-0.05, 0) is 30.3 Å². The smallest absolute Gasteiger partial charge is 0.269 e. The average molecular weight is 387 g/mol. The number of Topliss-reactive ketones (excluding diaryl/α,β-unsaturated/α-hetero) is 1. The van der Waals surface area contributed by atoms with Crippen molar-refractivity contribution in [3.05, 3.63) is 66.4 Å². The molecule has 0 radical (unpaired) electrons. The van der Waals surface area contributed by atoms with E-state index >= 15 is 0 Å². The van der Waals surface area contributed by atoms with E-state index in [1.807, 2.05) is 60.8 Å². The molecule has 0 bridgehead atoms. The molecule has 0 unspecified atom stereocenters. The first-order valence-electron chi connectivity index (χ1n) is 9.00. The van der Waals surface area contributed by atoms with Crippen molar-refractivity contribution < 1.29 is 14.3 Å². The van der Waals surface area contributed by atoms with Gasteiger partial charge in [0.2, 0.25) is 0 Å². The maximum Gasteiger partial charge on any atom is 0.269 e. The number of nitriles is 1. The summed E-state index contributed by atoms with van der Waals surface area (Å²) in [6.07, 6.45) is 1.92. The quantitative estimate of drug-likeness (QED) is 0.650. The Balaban J connectivity index is 1.52. The van der Waals surface area contributed by atoms with E-state index in [2.05, 4.69) is 15.5 Å². The van der Waals surface area contributed by atoms with E-state index in [0.717, 1.165) is 5.56 Å². The third-order valence-corrected chi connectivity index (χ3v) is 4.54. The molecule has 0 aliphatic carbocycles. The number of aromatic amines is 1. The summed E-state index contributed by atoms with van der Waals surface area (Å²) in [7, 11) is 0. The number of amides is 1. The first kappa shape index (κ1) is 18.3. The lowest BCUT2D eigenvalue weighted by atomic mass is 10.1. The van der Waals surface area contributed by atoms with Gasteiger partial charge in [-0.3, -0.25) is 14.7 Å². The maximum absolute atomic E-state index is 12.5. The van der Waals surface area contributed by atoms with Gasteiger partial charge in [0.15, 0.2) is 12.0 Å². The maximum atomic E-state index is 12.5. The Hall–Kier alpha value is -4.12. The number of H-pyrrole nitrogens is 1. The summed E-state index contributed by atoms with van der Waals surface area (Å²) in [6, 6.07) is 17.6. The third kappa shape index (κ3) is 3.94. The Morgan fingerprint density at radius 3 is 2.72 bits per heavy atom. The van der Waals surface area contributed by atoms with Crippen molar-refractivity contribution in [1.82, 2.24) is 20.4 Å². The van der Waals surface area contributed by atoms with E-state index in [0.29, 0.717) is 17.2 Å². The molecule has 1 saturated heterocycles. The van der Waals surface area contributed by atoms with Crippen LogP contribution < -0.4 is 10.1 Å². The molecule has 2 aromatic carbocycles. The number of nitrogens with one attached hydrogen (secondary N) is 2. The molecule has 29 heavy (non-hydrogen) atoms. The van der Waals surface area contributed by atoms with E-state index < -0.39 is 11.9 Å². The van der Waals surface area contributed by atoms with Gasteiger partial charge in [-0.15, -0.1) is 0 Å². The average Bonchev–Trinajstić information content (AvgIpc) is 3.36. The van der Waals surface area contributed by atoms with Crippen LogP contribution in [0.2, 0.25) is 0 Å². The predicted octanol–water partition coefficient (Wildman–Crippen LogP) is 2.33. The number of likely N-dealkylation sites (tertiary alicyclic amines) is 1. The highest BCUT2D eigenvalue weighted by Crippen LogP contribution is 2.32. The number of carbonyl (C=O) groups is 2. The Bertz CT molecular complexity index is 1090. The Morgan fingerprint density at radius 2 is 1.97 bits per heavy atom. The zero-order chi connectivity index (χ0) is 20.2. The van der Waals surface area contributed by atoms with Crippen LogP contribution in [0.1, 0.15) is 10.5 Å². The second-order valence-electron chi connectivity index (χ2n) is 6.55. The highest BCUT2D eigenvalue weighted by molar-refractivity contribution is 5.98. The predicted molar refractivity (Wildman–Crippen MR) is 104 cm³/mol. The Labute approximate surface area is 166 Å². The fourth-order valence-electron chi connectivity index (χ4n) is 3.08. The minimum absolute atomic E-state index is 0.0138. The number of rotatable bonds is 5.